The average molecular weight is 1600 g/mol. The predicted molar refractivity (Wildman–Crippen MR) is 406 cm³/mol. The minimum Gasteiger partial charge on any atom is -0.477 e. The van der Waals surface area contributed by atoms with Crippen molar-refractivity contribution in [3.05, 3.63) is 166 Å². The van der Waals surface area contributed by atoms with Crippen LogP contribution in [0.15, 0.2) is 98.2 Å². The smallest absolute Gasteiger partial charge is 0.433 e. The van der Waals surface area contributed by atoms with E-state index in [0.29, 0.717) is 120 Å². The molecule has 610 valence electrons. The Morgan fingerprint density at radius 3 is 1.46 bits per heavy atom. The van der Waals surface area contributed by atoms with Crippen LogP contribution in [0.1, 0.15) is 180 Å². The molecule has 28 nitrogen and oxygen atoms in total. The molecule has 4 fully saturated rings. The molecule has 11 N–H and O–H groups in total. The first-order valence-electron chi connectivity index (χ1n) is 36.9. The molecule has 0 aliphatic heterocycles. The number of hydrogen-bond donors (Lipinski definition) is 11. The number of aliphatic hydroxyl groups excluding tert-OH is 3. The van der Waals surface area contributed by atoms with E-state index in [1.54, 1.807) is 31.3 Å². The van der Waals surface area contributed by atoms with E-state index in [4.69, 9.17) is 4.74 Å². The largest absolute Gasteiger partial charge is 0.477 e. The number of nitrogens with one attached hydrogen (secondary N) is 7. The molecule has 0 saturated heterocycles. The van der Waals surface area contributed by atoms with E-state index < -0.39 is 54.4 Å². The lowest BCUT2D eigenvalue weighted by Crippen LogP contribution is -2.57. The fourth-order valence-corrected chi connectivity index (χ4v) is 13.0. The molecule has 4 saturated carbocycles. The first-order valence-corrected chi connectivity index (χ1v) is 36.9. The average Bonchev–Trinajstić information content (AvgIpc) is 0.746. The highest BCUT2D eigenvalue weighted by Gasteiger charge is 2.49. The lowest BCUT2D eigenvalue weighted by molar-refractivity contribution is -0.142. The van der Waals surface area contributed by atoms with Gasteiger partial charge < -0.3 is 62.4 Å². The summed E-state index contributed by atoms with van der Waals surface area (Å²) >= 11 is 0. The molecule has 4 aliphatic rings. The van der Waals surface area contributed by atoms with E-state index in [1.165, 1.54) is 75.4 Å². The number of anilines is 7. The highest BCUT2D eigenvalue weighted by atomic mass is 19.4. The van der Waals surface area contributed by atoms with Gasteiger partial charge in [-0.15, -0.1) is 0 Å². The summed E-state index contributed by atoms with van der Waals surface area (Å²) in [5, 5.41) is 97.7. The van der Waals surface area contributed by atoms with E-state index in [0.717, 1.165) is 32.4 Å². The Balaban J connectivity index is 0.000000176. The number of pyridine rings is 4. The number of ether oxygens (including phenoxy) is 1. The topological polar surface area (TPSA) is 424 Å². The Morgan fingerprint density at radius 1 is 0.522 bits per heavy atom. The van der Waals surface area contributed by atoms with Crippen LogP contribution in [0, 0.1) is 62.1 Å². The molecule has 0 radical (unpaired) electrons. The summed E-state index contributed by atoms with van der Waals surface area (Å²) in [4.78, 5) is 49.4. The zero-order chi connectivity index (χ0) is 83.7. The molecule has 115 heavy (non-hydrogen) atoms. The third-order valence-corrected chi connectivity index (χ3v) is 20.5. The van der Waals surface area contributed by atoms with Gasteiger partial charge in [0.25, 0.3) is 5.92 Å². The molecule has 4 aliphatic carbocycles. The van der Waals surface area contributed by atoms with Crippen molar-refractivity contribution in [3.8, 4) is 30.2 Å². The molecule has 12 rings (SSSR count). The van der Waals surface area contributed by atoms with Crippen LogP contribution in [0.4, 0.5) is 80.6 Å². The van der Waals surface area contributed by atoms with Gasteiger partial charge in [0.2, 0.25) is 23.7 Å². The number of rotatable bonds is 26. The second kappa shape index (κ2) is 37.6. The standard InChI is InChI=1S/C21H27FN6O.C20H23F3N6O2.C19H21F3N6O.C18H19F2N5O/c1-20(2)15(12-29)8-16(20)27-18-14(9-23)11-26-19(28-18)25-10-13-6-5-7-24-17(13)21(3,4)22;1-19(2)14(8-15(19)30)28-16-13(9-24)11-27-18(29-16)26-10-12-4-3-6-25-17(12)31-7-5-20(21,22)23;1-18(29)6-4-14(5-7-18)27-16-13(9-23)11-26-17(28-16)25-10-12-3-2-8-24-15(12)19(20,21)22;1-18(19,20)15-4-5-22-9-11(15)2-3-16-23-10-12(8-21)17(25-16)24-13-6-14(26)7-13/h5-7,11,15-16,29H,8,10,12H2,1-4H3,(H2,25,26,27,28);3-4,6,11,14-15,30H,5,7-8,10H2,1-2H3,(H2,26,27,28,29);2-3,8,11,14,29H,4-7,10H2,1H3,(H2,25,26,27,28);4-5,9-10,13-14,26H,2-3,6-7H2,1H3,(H,23,24,25)/t15-,16-;14-,15-;;/m00../s1. The van der Waals surface area contributed by atoms with Gasteiger partial charge in [-0.3, -0.25) is 15.0 Å². The number of aromatic nitrogens is 12. The molecule has 8 aromatic rings. The molecule has 0 unspecified atom stereocenters. The SMILES string of the molecule is CC(C)(F)c1ncccc1CNc1ncc(C#N)c(N[C@H]2C[C@@H](CO)C2(C)C)n1.CC(F)(F)c1ccncc1CCc1ncc(C#N)c(NC2CC(O)C2)n1.CC1(C)[C@@H](Nc2nc(NCc3cccnc3OCCC(F)(F)F)ncc2C#N)C[C@@H]1O.CC1(O)CCC(Nc2nc(NCc3cccnc3C(F)(F)F)ncc2C#N)CC1. The molecule has 0 bridgehead atoms. The molecular formula is C78H90F9N23O5. The third kappa shape index (κ3) is 24.0. The first kappa shape index (κ1) is 87.5. The number of alkyl halides is 9. The summed E-state index contributed by atoms with van der Waals surface area (Å²) < 4.78 is 123. The maximum atomic E-state index is 14.4. The van der Waals surface area contributed by atoms with E-state index in [9.17, 15) is 81.0 Å². The zero-order valence-electron chi connectivity index (χ0n) is 64.3. The van der Waals surface area contributed by atoms with Crippen LogP contribution in [-0.2, 0) is 50.2 Å². The fourth-order valence-electron chi connectivity index (χ4n) is 13.0. The Labute approximate surface area is 658 Å². The van der Waals surface area contributed by atoms with Crippen molar-refractivity contribution >= 4 is 41.1 Å². The molecule has 8 aromatic heterocycles. The van der Waals surface area contributed by atoms with E-state index >= 15 is 0 Å². The van der Waals surface area contributed by atoms with Crippen molar-refractivity contribution in [1.29, 1.82) is 21.0 Å². The number of nitriles is 4. The van der Waals surface area contributed by atoms with E-state index in [1.807, 2.05) is 38.1 Å². The minimum absolute atomic E-state index is 0.0306. The van der Waals surface area contributed by atoms with Crippen molar-refractivity contribution in [1.82, 2.24) is 59.8 Å². The van der Waals surface area contributed by atoms with Crippen molar-refractivity contribution < 1.29 is 64.7 Å². The van der Waals surface area contributed by atoms with Crippen LogP contribution in [0.2, 0.25) is 0 Å². The van der Waals surface area contributed by atoms with Crippen LogP contribution in [-0.4, -0.2) is 142 Å². The molecule has 0 aromatic carbocycles. The number of aryl methyl sites for hydroxylation is 2. The second-order valence-corrected chi connectivity index (χ2v) is 30.3. The minimum atomic E-state index is -4.56. The second-order valence-electron chi connectivity index (χ2n) is 30.3. The number of halogens is 9. The van der Waals surface area contributed by atoms with Crippen LogP contribution in [0.25, 0.3) is 0 Å². The van der Waals surface area contributed by atoms with Crippen molar-refractivity contribution in [2.24, 2.45) is 16.7 Å². The summed E-state index contributed by atoms with van der Waals surface area (Å²) in [5.41, 5.74) is -0.508. The summed E-state index contributed by atoms with van der Waals surface area (Å²) in [7, 11) is 0. The molecule has 8 heterocycles. The van der Waals surface area contributed by atoms with Crippen molar-refractivity contribution in [3.63, 3.8) is 0 Å². The lowest BCUT2D eigenvalue weighted by atomic mass is 9.59. The fraction of sp³-hybridized carbons (Fsp3) is 0.487. The number of hydrogen-bond acceptors (Lipinski definition) is 28. The van der Waals surface area contributed by atoms with E-state index in [2.05, 4.69) is 117 Å². The van der Waals surface area contributed by atoms with Gasteiger partial charge in [-0.05, 0) is 125 Å². The lowest BCUT2D eigenvalue weighted by Gasteiger charge is -2.52. The highest BCUT2D eigenvalue weighted by molar-refractivity contribution is 5.57. The highest BCUT2D eigenvalue weighted by Crippen LogP contribution is 2.48. The van der Waals surface area contributed by atoms with Gasteiger partial charge in [-0.25, -0.2) is 43.1 Å². The summed E-state index contributed by atoms with van der Waals surface area (Å²) in [6, 6.07) is 19.3. The Bertz CT molecular complexity index is 4790. The predicted octanol–water partition coefficient (Wildman–Crippen LogP) is 12.7. The van der Waals surface area contributed by atoms with Crippen LogP contribution < -0.4 is 42.0 Å². The molecule has 0 spiro atoms. The molecular weight excluding hydrogens is 1510 g/mol. The molecule has 37 heteroatoms. The first-order chi connectivity index (χ1) is 54.3. The monoisotopic (exact) mass is 1600 g/mol. The molecule has 4 atom stereocenters. The quantitative estimate of drug-likeness (QED) is 0.0224. The Morgan fingerprint density at radius 2 is 0.991 bits per heavy atom. The Hall–Kier alpha value is -11.5. The molecule has 0 amide bonds. The van der Waals surface area contributed by atoms with Gasteiger partial charge in [0.05, 0.1) is 61.3 Å². The number of aliphatic hydroxyl groups is 4. The van der Waals surface area contributed by atoms with Gasteiger partial charge in [-0.1, -0.05) is 45.9 Å². The summed E-state index contributed by atoms with van der Waals surface area (Å²) in [6.45, 7) is 13.5. The third-order valence-electron chi connectivity index (χ3n) is 20.5. The number of nitrogens with zero attached hydrogens (tertiary/aromatic N) is 16. The van der Waals surface area contributed by atoms with Crippen molar-refractivity contribution in [2.75, 3.05) is 50.4 Å². The zero-order valence-corrected chi connectivity index (χ0v) is 64.3. The maximum absolute atomic E-state index is 14.4. The van der Waals surface area contributed by atoms with Gasteiger partial charge in [0.1, 0.15) is 87.0 Å². The van der Waals surface area contributed by atoms with Crippen molar-refractivity contribution in [2.45, 2.75) is 212 Å². The van der Waals surface area contributed by atoms with Crippen LogP contribution in [0.3, 0.4) is 0 Å². The van der Waals surface area contributed by atoms with E-state index in [-0.39, 0.29) is 107 Å². The summed E-state index contributed by atoms with van der Waals surface area (Å²) in [5.74, 6) is 0.0380. The van der Waals surface area contributed by atoms with Crippen LogP contribution in [0.5, 0.6) is 5.88 Å². The van der Waals surface area contributed by atoms with Gasteiger partial charge in [0.15, 0.2) is 0 Å². The Kier molecular flexibility index (Phi) is 28.6. The normalized spacial score (nSPS) is 20.4. The maximum Gasteiger partial charge on any atom is 0.433 e. The van der Waals surface area contributed by atoms with Gasteiger partial charge in [-0.2, -0.15) is 62.3 Å². The van der Waals surface area contributed by atoms with Gasteiger partial charge in [0, 0.05) is 117 Å². The summed E-state index contributed by atoms with van der Waals surface area (Å²) in [6.07, 6.45) is 7.71. The van der Waals surface area contributed by atoms with Crippen LogP contribution >= 0.6 is 0 Å². The van der Waals surface area contributed by atoms with Gasteiger partial charge >= 0.3 is 12.4 Å².